The number of hydrazine groups is 1. The topological polar surface area (TPSA) is 84.9 Å². The van der Waals surface area contributed by atoms with Crippen LogP contribution >= 0.6 is 11.8 Å². The minimum atomic E-state index is -0.603. The monoisotopic (exact) mass is 398 g/mol. The molecule has 1 heterocycles. The maximum Gasteiger partial charge on any atom is 0.312 e. The number of ether oxygens (including phenoxy) is 2. The Bertz CT molecular complexity index is 969. The van der Waals surface area contributed by atoms with Gasteiger partial charge in [-0.1, -0.05) is 17.7 Å². The maximum atomic E-state index is 12.6. The molecule has 28 heavy (non-hydrogen) atoms. The molecule has 0 saturated carbocycles. The summed E-state index contributed by atoms with van der Waals surface area (Å²) in [7, 11) is 3.04. The highest BCUT2D eigenvalue weighted by atomic mass is 32.2. The zero-order chi connectivity index (χ0) is 20.3. The van der Waals surface area contributed by atoms with E-state index in [4.69, 9.17) is 9.47 Å². The summed E-state index contributed by atoms with van der Waals surface area (Å²) in [6.07, 6.45) is 1.54. The summed E-state index contributed by atoms with van der Waals surface area (Å²) in [5, 5.41) is 0.138. The van der Waals surface area contributed by atoms with E-state index in [9.17, 15) is 14.4 Å². The van der Waals surface area contributed by atoms with E-state index < -0.39 is 17.1 Å². The van der Waals surface area contributed by atoms with Crippen LogP contribution in [0, 0.1) is 6.92 Å². The number of methoxy groups -OCH3 is 2. The van der Waals surface area contributed by atoms with Crippen molar-refractivity contribution in [2.45, 2.75) is 6.92 Å². The molecule has 0 aliphatic carbocycles. The van der Waals surface area contributed by atoms with Gasteiger partial charge in [0.15, 0.2) is 0 Å². The number of imide groups is 1. The van der Waals surface area contributed by atoms with Crippen molar-refractivity contribution in [1.82, 2.24) is 10.4 Å². The second-order valence-electron chi connectivity index (χ2n) is 5.93. The Labute approximate surface area is 166 Å². The van der Waals surface area contributed by atoms with Gasteiger partial charge in [-0.25, -0.2) is 0 Å². The van der Waals surface area contributed by atoms with Gasteiger partial charge in [0.1, 0.15) is 11.5 Å². The average molecular weight is 398 g/mol. The van der Waals surface area contributed by atoms with Crippen molar-refractivity contribution in [3.05, 3.63) is 64.1 Å². The molecule has 0 radical (unpaired) electrons. The predicted molar refractivity (Wildman–Crippen MR) is 106 cm³/mol. The second-order valence-corrected chi connectivity index (χ2v) is 6.93. The quantitative estimate of drug-likeness (QED) is 0.777. The van der Waals surface area contributed by atoms with Gasteiger partial charge in [-0.2, -0.15) is 5.01 Å². The largest absolute Gasteiger partial charge is 0.497 e. The van der Waals surface area contributed by atoms with Gasteiger partial charge in [-0.15, -0.1) is 0 Å². The smallest absolute Gasteiger partial charge is 0.312 e. The summed E-state index contributed by atoms with van der Waals surface area (Å²) in [5.74, 6) is -0.0405. The van der Waals surface area contributed by atoms with Crippen molar-refractivity contribution in [2.24, 2.45) is 0 Å². The number of nitrogens with one attached hydrogen (secondary N) is 1. The fourth-order valence-corrected chi connectivity index (χ4v) is 3.29. The molecular formula is C20H18N2O5S. The molecular weight excluding hydrogens is 380 g/mol. The van der Waals surface area contributed by atoms with E-state index in [0.29, 0.717) is 27.6 Å². The van der Waals surface area contributed by atoms with Crippen LogP contribution in [0.5, 0.6) is 11.5 Å². The summed E-state index contributed by atoms with van der Waals surface area (Å²) in [4.78, 5) is 37.3. The first-order valence-electron chi connectivity index (χ1n) is 8.30. The first-order valence-corrected chi connectivity index (χ1v) is 9.12. The number of aryl methyl sites for hydroxylation is 1. The molecule has 8 heteroatoms. The lowest BCUT2D eigenvalue weighted by Gasteiger charge is -2.13. The van der Waals surface area contributed by atoms with Gasteiger partial charge in [0.05, 0.1) is 19.1 Å². The lowest BCUT2D eigenvalue weighted by molar-refractivity contribution is -0.124. The van der Waals surface area contributed by atoms with E-state index >= 15 is 0 Å². The normalized spacial score (nSPS) is 15.1. The Hall–Kier alpha value is -3.26. The molecule has 1 saturated heterocycles. The Balaban J connectivity index is 1.80. The summed E-state index contributed by atoms with van der Waals surface area (Å²) in [6, 6.07) is 11.9. The summed E-state index contributed by atoms with van der Waals surface area (Å²) < 4.78 is 10.5. The van der Waals surface area contributed by atoms with Crippen LogP contribution in [0.1, 0.15) is 21.5 Å². The zero-order valence-electron chi connectivity index (χ0n) is 15.5. The average Bonchev–Trinajstić information content (AvgIpc) is 2.96. The Morgan fingerprint density at radius 2 is 1.79 bits per heavy atom. The third-order valence-corrected chi connectivity index (χ3v) is 4.92. The molecule has 0 spiro atoms. The number of thioether (sulfide) groups is 1. The van der Waals surface area contributed by atoms with Crippen LogP contribution in [-0.4, -0.2) is 36.3 Å². The predicted octanol–water partition coefficient (Wildman–Crippen LogP) is 3.39. The van der Waals surface area contributed by atoms with Gasteiger partial charge in [0.25, 0.3) is 11.8 Å². The summed E-state index contributed by atoms with van der Waals surface area (Å²) in [5.41, 5.74) is 4.32. The molecule has 1 N–H and O–H groups in total. The maximum absolute atomic E-state index is 12.6. The Morgan fingerprint density at radius 3 is 2.43 bits per heavy atom. The van der Waals surface area contributed by atoms with Gasteiger partial charge in [-0.05, 0) is 49.0 Å². The van der Waals surface area contributed by atoms with Crippen LogP contribution in [0.15, 0.2) is 47.4 Å². The zero-order valence-corrected chi connectivity index (χ0v) is 16.3. The number of hydrogen-bond acceptors (Lipinski definition) is 6. The van der Waals surface area contributed by atoms with Crippen LogP contribution < -0.4 is 14.9 Å². The van der Waals surface area contributed by atoms with Crippen LogP contribution in [-0.2, 0) is 4.79 Å². The molecule has 0 bridgehead atoms. The minimum Gasteiger partial charge on any atom is -0.497 e. The molecule has 2 aromatic carbocycles. The van der Waals surface area contributed by atoms with Gasteiger partial charge in [0.2, 0.25) is 0 Å². The van der Waals surface area contributed by atoms with E-state index in [1.165, 1.54) is 14.2 Å². The number of amides is 3. The molecule has 1 aliphatic heterocycles. The van der Waals surface area contributed by atoms with Crippen molar-refractivity contribution >= 4 is 34.9 Å². The van der Waals surface area contributed by atoms with Crippen LogP contribution in [0.3, 0.4) is 0 Å². The number of nitrogens with zero attached hydrogens (tertiary/aromatic N) is 1. The molecule has 0 atom stereocenters. The molecule has 144 valence electrons. The number of carbonyl (C=O) groups is 3. The van der Waals surface area contributed by atoms with Gasteiger partial charge < -0.3 is 9.47 Å². The van der Waals surface area contributed by atoms with E-state index in [1.807, 2.05) is 6.92 Å². The van der Waals surface area contributed by atoms with Crippen molar-refractivity contribution in [3.63, 3.8) is 0 Å². The molecule has 3 rings (SSSR count). The molecule has 1 aliphatic rings. The van der Waals surface area contributed by atoms with Crippen LogP contribution in [0.2, 0.25) is 0 Å². The van der Waals surface area contributed by atoms with E-state index in [1.54, 1.807) is 48.5 Å². The molecule has 0 aromatic heterocycles. The molecule has 2 aromatic rings. The Kier molecular flexibility index (Phi) is 5.70. The van der Waals surface area contributed by atoms with Gasteiger partial charge >= 0.3 is 5.24 Å². The highest BCUT2D eigenvalue weighted by Crippen LogP contribution is 2.34. The van der Waals surface area contributed by atoms with Crippen molar-refractivity contribution in [3.8, 4) is 11.5 Å². The molecule has 3 amide bonds. The van der Waals surface area contributed by atoms with E-state index in [2.05, 4.69) is 5.43 Å². The van der Waals surface area contributed by atoms with Crippen LogP contribution in [0.25, 0.3) is 6.08 Å². The molecule has 0 unspecified atom stereocenters. The van der Waals surface area contributed by atoms with Crippen molar-refractivity contribution in [1.29, 1.82) is 0 Å². The standard InChI is InChI=1S/C20H18N2O5S/c1-12-4-6-13(7-5-12)18(23)21-22-19(24)17(28-20(22)25)10-14-8-9-15(26-2)11-16(14)27-3/h4-11H,1-3H3,(H,21,23). The summed E-state index contributed by atoms with van der Waals surface area (Å²) >= 11 is 0.742. The van der Waals surface area contributed by atoms with Gasteiger partial charge in [-0.3, -0.25) is 19.8 Å². The highest BCUT2D eigenvalue weighted by molar-refractivity contribution is 8.18. The lowest BCUT2D eigenvalue weighted by Crippen LogP contribution is -2.44. The minimum absolute atomic E-state index is 0.178. The SMILES string of the molecule is COc1ccc(C=C2SC(=O)N(NC(=O)c3ccc(C)cc3)C2=O)c(OC)c1. The number of rotatable bonds is 5. The molecule has 7 nitrogen and oxygen atoms in total. The summed E-state index contributed by atoms with van der Waals surface area (Å²) in [6.45, 7) is 1.90. The first-order chi connectivity index (χ1) is 13.4. The fourth-order valence-electron chi connectivity index (χ4n) is 2.51. The Morgan fingerprint density at radius 1 is 1.07 bits per heavy atom. The first kappa shape index (κ1) is 19.5. The molecule has 1 fully saturated rings. The fraction of sp³-hybridized carbons (Fsp3) is 0.150. The number of hydrogen-bond donors (Lipinski definition) is 1. The number of benzene rings is 2. The lowest BCUT2D eigenvalue weighted by atomic mass is 10.1. The highest BCUT2D eigenvalue weighted by Gasteiger charge is 2.37. The third kappa shape index (κ3) is 4.01. The van der Waals surface area contributed by atoms with E-state index in [-0.39, 0.29) is 4.91 Å². The number of carbonyl (C=O) groups excluding carboxylic acids is 3. The van der Waals surface area contributed by atoms with E-state index in [0.717, 1.165) is 17.3 Å². The second kappa shape index (κ2) is 8.18. The third-order valence-electron chi connectivity index (χ3n) is 4.05. The van der Waals surface area contributed by atoms with Crippen LogP contribution in [0.4, 0.5) is 4.79 Å². The van der Waals surface area contributed by atoms with Gasteiger partial charge in [0, 0.05) is 17.2 Å². The van der Waals surface area contributed by atoms with Crippen molar-refractivity contribution in [2.75, 3.05) is 14.2 Å². The van der Waals surface area contributed by atoms with Crippen molar-refractivity contribution < 1.29 is 23.9 Å².